The molecule has 0 fully saturated rings. The summed E-state index contributed by atoms with van der Waals surface area (Å²) in [4.78, 5) is 28.0. The Kier molecular flexibility index (Phi) is 6.65. The minimum absolute atomic E-state index is 0.182. The Bertz CT molecular complexity index is 488. The predicted molar refractivity (Wildman–Crippen MR) is 83.2 cm³/mol. The number of anilines is 1. The van der Waals surface area contributed by atoms with Gasteiger partial charge >= 0.3 is 0 Å². The lowest BCUT2D eigenvalue weighted by Crippen LogP contribution is -2.45. The van der Waals surface area contributed by atoms with Gasteiger partial charge in [0.05, 0.1) is 0 Å². The van der Waals surface area contributed by atoms with Crippen LogP contribution in [0.1, 0.15) is 38.1 Å². The highest BCUT2D eigenvalue weighted by Gasteiger charge is 2.16. The third kappa shape index (κ3) is 5.81. The van der Waals surface area contributed by atoms with Gasteiger partial charge in [0, 0.05) is 24.8 Å². The molecule has 0 saturated heterocycles. The zero-order valence-corrected chi connectivity index (χ0v) is 13.1. The number of aromatic nitrogens is 1. The summed E-state index contributed by atoms with van der Waals surface area (Å²) >= 11 is 0. The van der Waals surface area contributed by atoms with Crippen LogP contribution in [0, 0.1) is 5.92 Å². The minimum atomic E-state index is -0.577. The van der Waals surface area contributed by atoms with Gasteiger partial charge in [0.25, 0.3) is 5.91 Å². The van der Waals surface area contributed by atoms with Gasteiger partial charge in [0.2, 0.25) is 5.91 Å². The molecule has 1 unspecified atom stereocenters. The van der Waals surface area contributed by atoms with Crippen molar-refractivity contribution in [2.24, 2.45) is 5.92 Å². The fraction of sp³-hybridized carbons (Fsp3) is 0.533. The van der Waals surface area contributed by atoms with Gasteiger partial charge in [0.1, 0.15) is 11.9 Å². The number of amides is 2. The second-order valence-electron chi connectivity index (χ2n) is 5.29. The van der Waals surface area contributed by atoms with E-state index in [1.807, 2.05) is 20.8 Å². The SMILES string of the molecule is CCNc1cc(C(=O)NC(C)C(=O)NCC(C)C)ccn1. The number of nitrogens with one attached hydrogen (secondary N) is 3. The Morgan fingerprint density at radius 1 is 1.29 bits per heavy atom. The van der Waals surface area contributed by atoms with Gasteiger partial charge in [-0.15, -0.1) is 0 Å². The van der Waals surface area contributed by atoms with Crippen LogP contribution in [0.2, 0.25) is 0 Å². The number of pyridine rings is 1. The number of nitrogens with zero attached hydrogens (tertiary/aromatic N) is 1. The molecule has 1 rings (SSSR count). The summed E-state index contributed by atoms with van der Waals surface area (Å²) < 4.78 is 0. The maximum Gasteiger partial charge on any atom is 0.252 e. The number of carbonyl (C=O) groups is 2. The van der Waals surface area contributed by atoms with Gasteiger partial charge in [-0.2, -0.15) is 0 Å². The first-order valence-electron chi connectivity index (χ1n) is 7.22. The third-order valence-electron chi connectivity index (χ3n) is 2.81. The Hall–Kier alpha value is -2.11. The van der Waals surface area contributed by atoms with Gasteiger partial charge in [0.15, 0.2) is 0 Å². The van der Waals surface area contributed by atoms with Crippen molar-refractivity contribution in [3.8, 4) is 0 Å². The number of carbonyl (C=O) groups excluding carboxylic acids is 2. The van der Waals surface area contributed by atoms with E-state index in [1.165, 1.54) is 0 Å². The molecule has 1 aromatic heterocycles. The van der Waals surface area contributed by atoms with E-state index in [0.717, 1.165) is 6.54 Å². The van der Waals surface area contributed by atoms with E-state index < -0.39 is 6.04 Å². The predicted octanol–water partition coefficient (Wildman–Crippen LogP) is 1.40. The van der Waals surface area contributed by atoms with Crippen LogP contribution in [0.4, 0.5) is 5.82 Å². The summed E-state index contributed by atoms with van der Waals surface area (Å²) in [6.07, 6.45) is 1.57. The zero-order valence-electron chi connectivity index (χ0n) is 13.1. The minimum Gasteiger partial charge on any atom is -0.370 e. The van der Waals surface area contributed by atoms with Crippen LogP contribution in [0.3, 0.4) is 0 Å². The quantitative estimate of drug-likeness (QED) is 0.709. The molecular weight excluding hydrogens is 268 g/mol. The molecule has 6 nitrogen and oxygen atoms in total. The summed E-state index contributed by atoms with van der Waals surface area (Å²) in [5, 5.41) is 8.52. The van der Waals surface area contributed by atoms with E-state index in [4.69, 9.17) is 0 Å². The van der Waals surface area contributed by atoms with Crippen molar-refractivity contribution in [1.29, 1.82) is 0 Å². The number of hydrogen-bond donors (Lipinski definition) is 3. The molecule has 1 aromatic rings. The molecule has 0 bridgehead atoms. The fourth-order valence-corrected chi connectivity index (χ4v) is 1.65. The van der Waals surface area contributed by atoms with Crippen molar-refractivity contribution in [1.82, 2.24) is 15.6 Å². The van der Waals surface area contributed by atoms with Crippen LogP contribution >= 0.6 is 0 Å². The smallest absolute Gasteiger partial charge is 0.252 e. The molecule has 0 saturated carbocycles. The maximum atomic E-state index is 12.1. The Morgan fingerprint density at radius 3 is 2.62 bits per heavy atom. The van der Waals surface area contributed by atoms with Crippen molar-refractivity contribution >= 4 is 17.6 Å². The topological polar surface area (TPSA) is 83.1 Å². The summed E-state index contributed by atoms with van der Waals surface area (Å²) in [6, 6.07) is 2.71. The van der Waals surface area contributed by atoms with Crippen molar-refractivity contribution < 1.29 is 9.59 Å². The van der Waals surface area contributed by atoms with E-state index >= 15 is 0 Å². The molecule has 1 heterocycles. The molecule has 1 atom stereocenters. The molecule has 3 N–H and O–H groups in total. The van der Waals surface area contributed by atoms with Crippen LogP contribution in [0.25, 0.3) is 0 Å². The second-order valence-corrected chi connectivity index (χ2v) is 5.29. The Morgan fingerprint density at radius 2 is 2.00 bits per heavy atom. The average molecular weight is 292 g/mol. The first-order chi connectivity index (χ1) is 9.93. The molecule has 0 aliphatic carbocycles. The van der Waals surface area contributed by atoms with E-state index in [2.05, 4.69) is 20.9 Å². The normalized spacial score (nSPS) is 11.9. The Labute approximate surface area is 125 Å². The number of rotatable bonds is 7. The van der Waals surface area contributed by atoms with Crippen molar-refractivity contribution in [3.63, 3.8) is 0 Å². The highest BCUT2D eigenvalue weighted by atomic mass is 16.2. The van der Waals surface area contributed by atoms with Gasteiger partial charge in [-0.25, -0.2) is 4.98 Å². The molecule has 0 radical (unpaired) electrons. The average Bonchev–Trinajstić information content (AvgIpc) is 2.45. The van der Waals surface area contributed by atoms with Crippen LogP contribution in [0.5, 0.6) is 0 Å². The van der Waals surface area contributed by atoms with Crippen LogP contribution in [0.15, 0.2) is 18.3 Å². The molecule has 6 heteroatoms. The van der Waals surface area contributed by atoms with E-state index in [1.54, 1.807) is 25.3 Å². The molecule has 0 spiro atoms. The highest BCUT2D eigenvalue weighted by Crippen LogP contribution is 2.06. The van der Waals surface area contributed by atoms with Gasteiger partial charge in [-0.3, -0.25) is 9.59 Å². The third-order valence-corrected chi connectivity index (χ3v) is 2.81. The zero-order chi connectivity index (χ0) is 15.8. The van der Waals surface area contributed by atoms with Gasteiger partial charge < -0.3 is 16.0 Å². The summed E-state index contributed by atoms with van der Waals surface area (Å²) in [7, 11) is 0. The second kappa shape index (κ2) is 8.24. The van der Waals surface area contributed by atoms with Crippen LogP contribution < -0.4 is 16.0 Å². The summed E-state index contributed by atoms with van der Waals surface area (Å²) in [5.41, 5.74) is 0.476. The largest absolute Gasteiger partial charge is 0.370 e. The van der Waals surface area contributed by atoms with Crippen molar-refractivity contribution in [3.05, 3.63) is 23.9 Å². The molecule has 0 aliphatic heterocycles. The lowest BCUT2D eigenvalue weighted by Gasteiger charge is -2.15. The first kappa shape index (κ1) is 16.9. The summed E-state index contributed by atoms with van der Waals surface area (Å²) in [6.45, 7) is 8.98. The fourth-order valence-electron chi connectivity index (χ4n) is 1.65. The van der Waals surface area contributed by atoms with Crippen molar-refractivity contribution in [2.75, 3.05) is 18.4 Å². The molecular formula is C15H24N4O2. The lowest BCUT2D eigenvalue weighted by atomic mass is 10.2. The van der Waals surface area contributed by atoms with Gasteiger partial charge in [-0.05, 0) is 31.9 Å². The van der Waals surface area contributed by atoms with Crippen LogP contribution in [-0.4, -0.2) is 35.9 Å². The monoisotopic (exact) mass is 292 g/mol. The van der Waals surface area contributed by atoms with Crippen LogP contribution in [-0.2, 0) is 4.79 Å². The number of hydrogen-bond acceptors (Lipinski definition) is 4. The van der Waals surface area contributed by atoms with E-state index in [9.17, 15) is 9.59 Å². The molecule has 21 heavy (non-hydrogen) atoms. The molecule has 0 aliphatic rings. The molecule has 2 amide bonds. The first-order valence-corrected chi connectivity index (χ1v) is 7.22. The maximum absolute atomic E-state index is 12.1. The standard InChI is InChI=1S/C15H24N4O2/c1-5-16-13-8-12(6-7-17-13)15(21)19-11(4)14(20)18-9-10(2)3/h6-8,10-11H,5,9H2,1-4H3,(H,16,17)(H,18,20)(H,19,21). The lowest BCUT2D eigenvalue weighted by molar-refractivity contribution is -0.122. The van der Waals surface area contributed by atoms with Gasteiger partial charge in [-0.1, -0.05) is 13.8 Å². The molecule has 116 valence electrons. The summed E-state index contributed by atoms with van der Waals surface area (Å²) in [5.74, 6) is 0.545. The Balaban J connectivity index is 2.59. The van der Waals surface area contributed by atoms with E-state index in [0.29, 0.717) is 23.8 Å². The molecule has 0 aromatic carbocycles. The van der Waals surface area contributed by atoms with Crippen molar-refractivity contribution in [2.45, 2.75) is 33.7 Å². The van der Waals surface area contributed by atoms with E-state index in [-0.39, 0.29) is 11.8 Å². The highest BCUT2D eigenvalue weighted by molar-refractivity contribution is 5.97.